The number of fused-ring (bicyclic) bond motifs is 7. The predicted molar refractivity (Wildman–Crippen MR) is 106 cm³/mol. The Balaban J connectivity index is 1.62. The van der Waals surface area contributed by atoms with Crippen LogP contribution >= 0.6 is 0 Å². The van der Waals surface area contributed by atoms with E-state index in [0.29, 0.717) is 22.4 Å². The average Bonchev–Trinajstić information content (AvgIpc) is 3.23. The summed E-state index contributed by atoms with van der Waals surface area (Å²) in [5.74, 6) is -1.25. The number of carbonyl (C=O) groups excluding carboxylic acids is 1. The van der Waals surface area contributed by atoms with Gasteiger partial charge in [-0.3, -0.25) is 4.79 Å². The lowest BCUT2D eigenvalue weighted by Gasteiger charge is -2.03. The van der Waals surface area contributed by atoms with Gasteiger partial charge in [-0.1, -0.05) is 18.2 Å². The summed E-state index contributed by atoms with van der Waals surface area (Å²) in [4.78, 5) is 16.4. The highest BCUT2D eigenvalue weighted by Gasteiger charge is 2.37. The van der Waals surface area contributed by atoms with Crippen molar-refractivity contribution in [3.8, 4) is 16.8 Å². The number of hydrogen-bond acceptors (Lipinski definition) is 1. The van der Waals surface area contributed by atoms with Crippen LogP contribution in [0.2, 0.25) is 0 Å². The molecule has 6 rings (SSSR count). The molecule has 5 heteroatoms. The van der Waals surface area contributed by atoms with E-state index in [1.54, 1.807) is 0 Å². The second kappa shape index (κ2) is 5.58. The third kappa shape index (κ3) is 2.21. The summed E-state index contributed by atoms with van der Waals surface area (Å²) in [6, 6.07) is 18.5. The quantitative estimate of drug-likeness (QED) is 0.395. The number of para-hydroxylation sites is 1. The zero-order chi connectivity index (χ0) is 19.7. The molecule has 138 valence electrons. The number of pyridine rings is 1. The lowest BCUT2D eigenvalue weighted by Crippen LogP contribution is -2.31. The van der Waals surface area contributed by atoms with Crippen LogP contribution in [0.1, 0.15) is 16.1 Å². The summed E-state index contributed by atoms with van der Waals surface area (Å²) < 4.78 is 29.2. The Bertz CT molecular complexity index is 1480. The lowest BCUT2D eigenvalue weighted by molar-refractivity contribution is -0.592. The van der Waals surface area contributed by atoms with Crippen LogP contribution in [0.15, 0.2) is 72.9 Å². The van der Waals surface area contributed by atoms with Gasteiger partial charge in [-0.2, -0.15) is 4.57 Å². The molecule has 1 aliphatic rings. The molecule has 0 saturated heterocycles. The average molecular weight is 383 g/mol. The third-order valence-electron chi connectivity index (χ3n) is 5.53. The maximum atomic E-state index is 13.7. The highest BCUT2D eigenvalue weighted by molar-refractivity contribution is 6.20. The summed E-state index contributed by atoms with van der Waals surface area (Å²) in [6.07, 6.45) is 1.89. The minimum atomic E-state index is -0.614. The summed E-state index contributed by atoms with van der Waals surface area (Å²) >= 11 is 0. The molecule has 29 heavy (non-hydrogen) atoms. The van der Waals surface area contributed by atoms with Crippen LogP contribution in [0, 0.1) is 11.6 Å². The minimum absolute atomic E-state index is 0.0230. The number of aromatic amines is 1. The number of nitrogens with one attached hydrogen (secondary N) is 1. The molecule has 0 amide bonds. The van der Waals surface area contributed by atoms with Crippen LogP contribution in [0.5, 0.6) is 0 Å². The van der Waals surface area contributed by atoms with Gasteiger partial charge in [-0.05, 0) is 41.5 Å². The Kier molecular flexibility index (Phi) is 3.10. The molecule has 3 nitrogen and oxygen atoms in total. The standard InChI is InChI=1S/C24H12F2N2O/c25-15-9-14(10-16(26)12-15)13-5-6-20-19(11-13)17-7-8-28-21-4-2-1-3-18(21)24(29)23(28)22(17)27-20/h1-12H/p+1. The Morgan fingerprint density at radius 2 is 1.59 bits per heavy atom. The van der Waals surface area contributed by atoms with Crippen molar-refractivity contribution in [1.82, 2.24) is 4.98 Å². The van der Waals surface area contributed by atoms with E-state index in [1.807, 2.05) is 59.3 Å². The zero-order valence-corrected chi connectivity index (χ0v) is 15.0. The maximum absolute atomic E-state index is 13.7. The largest absolute Gasteiger partial charge is 0.349 e. The van der Waals surface area contributed by atoms with Crippen LogP contribution < -0.4 is 4.57 Å². The van der Waals surface area contributed by atoms with Gasteiger partial charge in [0.15, 0.2) is 6.20 Å². The lowest BCUT2D eigenvalue weighted by atomic mass is 10.0. The smallest absolute Gasteiger partial charge is 0.284 e. The number of benzene rings is 3. The van der Waals surface area contributed by atoms with E-state index in [2.05, 4.69) is 4.98 Å². The fourth-order valence-corrected chi connectivity index (χ4v) is 4.24. The van der Waals surface area contributed by atoms with Gasteiger partial charge in [0.25, 0.3) is 11.5 Å². The van der Waals surface area contributed by atoms with E-state index in [-0.39, 0.29) is 5.78 Å². The Hall–Kier alpha value is -3.86. The van der Waals surface area contributed by atoms with Gasteiger partial charge in [0.05, 0.1) is 0 Å². The second-order valence-corrected chi connectivity index (χ2v) is 7.21. The maximum Gasteiger partial charge on any atom is 0.284 e. The number of H-pyrrole nitrogens is 1. The molecule has 0 saturated carbocycles. The molecular weight excluding hydrogens is 370 g/mol. The number of nitrogens with zero attached hydrogens (tertiary/aromatic N) is 1. The molecule has 1 N–H and O–H groups in total. The molecule has 0 fully saturated rings. The molecule has 5 aromatic rings. The number of aromatic nitrogens is 2. The Labute approximate surface area is 163 Å². The molecule has 0 aliphatic carbocycles. The van der Waals surface area contributed by atoms with Crippen LogP contribution in [0.25, 0.3) is 38.6 Å². The minimum Gasteiger partial charge on any atom is -0.349 e. The van der Waals surface area contributed by atoms with E-state index in [1.165, 1.54) is 12.1 Å². The highest BCUT2D eigenvalue weighted by atomic mass is 19.1. The van der Waals surface area contributed by atoms with Crippen LogP contribution in [0.4, 0.5) is 8.78 Å². The molecule has 0 bridgehead atoms. The first-order valence-electron chi connectivity index (χ1n) is 9.21. The summed E-state index contributed by atoms with van der Waals surface area (Å²) in [5, 5.41) is 1.79. The first kappa shape index (κ1) is 16.1. The second-order valence-electron chi connectivity index (χ2n) is 7.21. The number of hydrogen-bond donors (Lipinski definition) is 1. The van der Waals surface area contributed by atoms with Gasteiger partial charge in [0.1, 0.15) is 22.7 Å². The van der Waals surface area contributed by atoms with E-state index < -0.39 is 11.6 Å². The molecule has 0 radical (unpaired) electrons. The van der Waals surface area contributed by atoms with Crippen LogP contribution in [-0.4, -0.2) is 10.8 Å². The van der Waals surface area contributed by atoms with Crippen LogP contribution in [-0.2, 0) is 0 Å². The molecular formula is C24H13F2N2O+. The molecule has 3 heterocycles. The van der Waals surface area contributed by atoms with Gasteiger partial charge in [-0.15, -0.1) is 0 Å². The normalized spacial score (nSPS) is 12.6. The fraction of sp³-hybridized carbons (Fsp3) is 0. The van der Waals surface area contributed by atoms with Gasteiger partial charge in [-0.25, -0.2) is 8.78 Å². The van der Waals surface area contributed by atoms with E-state index >= 15 is 0 Å². The summed E-state index contributed by atoms with van der Waals surface area (Å²) in [7, 11) is 0. The van der Waals surface area contributed by atoms with Crippen molar-refractivity contribution in [1.29, 1.82) is 0 Å². The van der Waals surface area contributed by atoms with Gasteiger partial charge in [0, 0.05) is 34.5 Å². The summed E-state index contributed by atoms with van der Waals surface area (Å²) in [6.45, 7) is 0. The highest BCUT2D eigenvalue weighted by Crippen LogP contribution is 2.33. The van der Waals surface area contributed by atoms with E-state index in [4.69, 9.17) is 0 Å². The number of ketones is 1. The Morgan fingerprint density at radius 3 is 2.41 bits per heavy atom. The molecule has 2 aromatic heterocycles. The predicted octanol–water partition coefficient (Wildman–Crippen LogP) is 5.09. The van der Waals surface area contributed by atoms with Crippen molar-refractivity contribution in [2.75, 3.05) is 0 Å². The van der Waals surface area contributed by atoms with Crippen molar-refractivity contribution in [3.63, 3.8) is 0 Å². The first-order valence-corrected chi connectivity index (χ1v) is 9.21. The molecule has 0 unspecified atom stereocenters. The van der Waals surface area contributed by atoms with Gasteiger partial charge >= 0.3 is 0 Å². The zero-order valence-electron chi connectivity index (χ0n) is 15.0. The fourth-order valence-electron chi connectivity index (χ4n) is 4.24. The molecule has 0 spiro atoms. The van der Waals surface area contributed by atoms with Crippen molar-refractivity contribution in [3.05, 3.63) is 95.8 Å². The van der Waals surface area contributed by atoms with Crippen molar-refractivity contribution < 1.29 is 18.1 Å². The summed E-state index contributed by atoms with van der Waals surface area (Å²) in [5.41, 5.74) is 4.93. The third-order valence-corrected chi connectivity index (χ3v) is 5.53. The molecule has 0 atom stereocenters. The van der Waals surface area contributed by atoms with Crippen molar-refractivity contribution >= 4 is 27.6 Å². The Morgan fingerprint density at radius 1 is 0.793 bits per heavy atom. The molecule has 1 aliphatic heterocycles. The van der Waals surface area contributed by atoms with Gasteiger partial charge in [0.2, 0.25) is 5.69 Å². The van der Waals surface area contributed by atoms with Crippen molar-refractivity contribution in [2.24, 2.45) is 0 Å². The monoisotopic (exact) mass is 383 g/mol. The topological polar surface area (TPSA) is 36.7 Å². The van der Waals surface area contributed by atoms with E-state index in [9.17, 15) is 13.6 Å². The number of halogens is 2. The molecule has 3 aromatic carbocycles. The van der Waals surface area contributed by atoms with E-state index in [0.717, 1.165) is 33.6 Å². The van der Waals surface area contributed by atoms with Crippen LogP contribution in [0.3, 0.4) is 0 Å². The number of carbonyl (C=O) groups is 1. The SMILES string of the molecule is O=C1c2ccccc2-[n+]2ccc3c([nH]c4ccc(-c5cc(F)cc(F)c5)cc43)c21. The van der Waals surface area contributed by atoms with Gasteiger partial charge < -0.3 is 4.98 Å². The first-order chi connectivity index (χ1) is 14.1. The number of rotatable bonds is 1. The van der Waals surface area contributed by atoms with Crippen molar-refractivity contribution in [2.45, 2.75) is 0 Å².